The Hall–Kier alpha value is -1.89. The highest BCUT2D eigenvalue weighted by Gasteiger charge is 2.19. The van der Waals surface area contributed by atoms with Gasteiger partial charge in [-0.05, 0) is 28.1 Å². The Morgan fingerprint density at radius 2 is 2.25 bits per heavy atom. The molecule has 20 heavy (non-hydrogen) atoms. The van der Waals surface area contributed by atoms with Crippen LogP contribution in [0.2, 0.25) is 0 Å². The molecule has 0 amide bonds. The van der Waals surface area contributed by atoms with E-state index in [2.05, 4.69) is 20.9 Å². The third-order valence-electron chi connectivity index (χ3n) is 3.27. The number of carbonyl (C=O) groups excluding carboxylic acids is 1. The minimum absolute atomic E-state index is 0.0643. The molecule has 0 radical (unpaired) electrons. The standard InChI is InChI=1S/C13H15BrN4O2/c1-8(19)11-3-4-12(14)18(11)9(6-15)5-10-7-16-13(20)17(10)2/h3-4,6-7,9,15H,5H2,1-2H3,(H,16,20)/t9-/m1/s1. The van der Waals surface area contributed by atoms with Gasteiger partial charge in [0.25, 0.3) is 0 Å². The summed E-state index contributed by atoms with van der Waals surface area (Å²) in [5.74, 6) is -0.0643. The van der Waals surface area contributed by atoms with E-state index in [9.17, 15) is 9.59 Å². The van der Waals surface area contributed by atoms with Gasteiger partial charge in [-0.3, -0.25) is 9.36 Å². The molecule has 2 rings (SSSR count). The minimum Gasteiger partial charge on any atom is -0.324 e. The van der Waals surface area contributed by atoms with Gasteiger partial charge in [-0.15, -0.1) is 0 Å². The molecule has 6 nitrogen and oxygen atoms in total. The summed E-state index contributed by atoms with van der Waals surface area (Å²) in [6.07, 6.45) is 3.35. The van der Waals surface area contributed by atoms with E-state index in [0.29, 0.717) is 12.1 Å². The van der Waals surface area contributed by atoms with Crippen LogP contribution in [-0.2, 0) is 13.5 Å². The zero-order valence-electron chi connectivity index (χ0n) is 11.2. The van der Waals surface area contributed by atoms with Crippen molar-refractivity contribution in [1.29, 1.82) is 5.41 Å². The summed E-state index contributed by atoms with van der Waals surface area (Å²) >= 11 is 3.40. The van der Waals surface area contributed by atoms with E-state index in [1.54, 1.807) is 29.9 Å². The van der Waals surface area contributed by atoms with E-state index in [0.717, 1.165) is 10.3 Å². The summed E-state index contributed by atoms with van der Waals surface area (Å²) in [6.45, 7) is 1.49. The maximum Gasteiger partial charge on any atom is 0.325 e. The zero-order valence-corrected chi connectivity index (χ0v) is 12.8. The summed E-state index contributed by atoms with van der Waals surface area (Å²) in [5.41, 5.74) is 1.12. The number of H-pyrrole nitrogens is 1. The SMILES string of the molecule is CC(=O)c1ccc(Br)n1[C@@H](C=N)Cc1c[nH]c(=O)n1C. The summed E-state index contributed by atoms with van der Waals surface area (Å²) in [7, 11) is 1.67. The molecule has 0 saturated heterocycles. The van der Waals surface area contributed by atoms with Crippen molar-refractivity contribution < 1.29 is 4.79 Å². The fraction of sp³-hybridized carbons (Fsp3) is 0.308. The van der Waals surface area contributed by atoms with Gasteiger partial charge in [-0.2, -0.15) is 0 Å². The van der Waals surface area contributed by atoms with E-state index in [1.165, 1.54) is 17.7 Å². The van der Waals surface area contributed by atoms with Crippen molar-refractivity contribution in [1.82, 2.24) is 14.1 Å². The lowest BCUT2D eigenvalue weighted by Gasteiger charge is -2.18. The van der Waals surface area contributed by atoms with Crippen LogP contribution in [0.15, 0.2) is 27.7 Å². The Labute approximate surface area is 124 Å². The molecule has 0 aromatic carbocycles. The second kappa shape index (κ2) is 5.62. The lowest BCUT2D eigenvalue weighted by Crippen LogP contribution is -2.21. The first-order valence-corrected chi connectivity index (χ1v) is 6.86. The fourth-order valence-electron chi connectivity index (χ4n) is 2.15. The molecular formula is C13H15BrN4O2. The number of ketones is 1. The number of imidazole rings is 1. The zero-order chi connectivity index (χ0) is 14.9. The number of rotatable bonds is 5. The molecule has 0 aliphatic carbocycles. The molecule has 0 aliphatic rings. The molecule has 2 aromatic heterocycles. The van der Waals surface area contributed by atoms with Crippen LogP contribution in [0.5, 0.6) is 0 Å². The first kappa shape index (κ1) is 14.5. The molecule has 0 spiro atoms. The number of aromatic nitrogens is 3. The monoisotopic (exact) mass is 338 g/mol. The van der Waals surface area contributed by atoms with Crippen molar-refractivity contribution in [2.75, 3.05) is 0 Å². The van der Waals surface area contributed by atoms with E-state index in [1.807, 2.05) is 0 Å². The normalized spacial score (nSPS) is 12.3. The molecule has 0 bridgehead atoms. The lowest BCUT2D eigenvalue weighted by atomic mass is 10.1. The molecule has 0 fully saturated rings. The van der Waals surface area contributed by atoms with Crippen molar-refractivity contribution in [3.05, 3.63) is 44.8 Å². The molecule has 2 N–H and O–H groups in total. The number of nitrogens with one attached hydrogen (secondary N) is 2. The van der Waals surface area contributed by atoms with Crippen molar-refractivity contribution in [3.63, 3.8) is 0 Å². The van der Waals surface area contributed by atoms with Crippen molar-refractivity contribution in [3.8, 4) is 0 Å². The lowest BCUT2D eigenvalue weighted by molar-refractivity contribution is 0.100. The summed E-state index contributed by atoms with van der Waals surface area (Å²) < 4.78 is 3.99. The number of halogens is 1. The second-order valence-electron chi connectivity index (χ2n) is 4.55. The van der Waals surface area contributed by atoms with Gasteiger partial charge in [0.1, 0.15) is 0 Å². The van der Waals surface area contributed by atoms with Gasteiger partial charge >= 0.3 is 5.69 Å². The van der Waals surface area contributed by atoms with Crippen molar-refractivity contribution in [2.45, 2.75) is 19.4 Å². The summed E-state index contributed by atoms with van der Waals surface area (Å²) in [4.78, 5) is 25.7. The number of hydrogen-bond acceptors (Lipinski definition) is 3. The largest absolute Gasteiger partial charge is 0.325 e. The van der Waals surface area contributed by atoms with Gasteiger partial charge in [0, 0.05) is 38.5 Å². The van der Waals surface area contributed by atoms with Gasteiger partial charge in [0.15, 0.2) is 5.78 Å². The van der Waals surface area contributed by atoms with Crippen LogP contribution < -0.4 is 5.69 Å². The van der Waals surface area contributed by atoms with Gasteiger partial charge in [-0.1, -0.05) is 0 Å². The molecule has 2 heterocycles. The number of hydrogen-bond donors (Lipinski definition) is 2. The Morgan fingerprint density at radius 1 is 1.55 bits per heavy atom. The predicted octanol–water partition coefficient (Wildman–Crippen LogP) is 1.91. The molecule has 0 unspecified atom stereocenters. The van der Waals surface area contributed by atoms with Crippen LogP contribution in [0.3, 0.4) is 0 Å². The van der Waals surface area contributed by atoms with Crippen LogP contribution in [0.1, 0.15) is 29.1 Å². The molecule has 106 valence electrons. The fourth-order valence-corrected chi connectivity index (χ4v) is 2.74. The molecule has 7 heteroatoms. The van der Waals surface area contributed by atoms with Crippen LogP contribution >= 0.6 is 15.9 Å². The topological polar surface area (TPSA) is 83.6 Å². The van der Waals surface area contributed by atoms with E-state index < -0.39 is 0 Å². The van der Waals surface area contributed by atoms with Gasteiger partial charge < -0.3 is 15.0 Å². The Bertz CT molecular complexity index is 710. The van der Waals surface area contributed by atoms with E-state index in [4.69, 9.17) is 5.41 Å². The number of aromatic amines is 1. The Kier molecular flexibility index (Phi) is 4.08. The average molecular weight is 339 g/mol. The van der Waals surface area contributed by atoms with Crippen LogP contribution in [0.25, 0.3) is 0 Å². The average Bonchev–Trinajstić information content (AvgIpc) is 2.93. The highest BCUT2D eigenvalue weighted by Crippen LogP contribution is 2.23. The van der Waals surface area contributed by atoms with Gasteiger partial charge in [-0.25, -0.2) is 4.79 Å². The Morgan fingerprint density at radius 3 is 2.75 bits per heavy atom. The molecule has 0 saturated carbocycles. The van der Waals surface area contributed by atoms with Crippen molar-refractivity contribution in [2.24, 2.45) is 7.05 Å². The van der Waals surface area contributed by atoms with Gasteiger partial charge in [0.2, 0.25) is 0 Å². The number of nitrogens with zero attached hydrogens (tertiary/aromatic N) is 2. The third-order valence-corrected chi connectivity index (χ3v) is 3.92. The highest BCUT2D eigenvalue weighted by molar-refractivity contribution is 9.10. The number of carbonyl (C=O) groups is 1. The molecule has 2 aromatic rings. The quantitative estimate of drug-likeness (QED) is 0.644. The predicted molar refractivity (Wildman–Crippen MR) is 79.7 cm³/mol. The minimum atomic E-state index is -0.334. The summed E-state index contributed by atoms with van der Waals surface area (Å²) in [5, 5.41) is 7.62. The highest BCUT2D eigenvalue weighted by atomic mass is 79.9. The van der Waals surface area contributed by atoms with Gasteiger partial charge in [0.05, 0.1) is 16.3 Å². The molecular weight excluding hydrogens is 324 g/mol. The maximum atomic E-state index is 11.6. The van der Waals surface area contributed by atoms with Crippen LogP contribution in [-0.4, -0.2) is 26.1 Å². The molecule has 0 aliphatic heterocycles. The maximum absolute atomic E-state index is 11.6. The first-order valence-electron chi connectivity index (χ1n) is 6.07. The van der Waals surface area contributed by atoms with Crippen LogP contribution in [0, 0.1) is 5.41 Å². The van der Waals surface area contributed by atoms with Crippen LogP contribution in [0.4, 0.5) is 0 Å². The van der Waals surface area contributed by atoms with Crippen molar-refractivity contribution >= 4 is 27.9 Å². The van der Waals surface area contributed by atoms with E-state index >= 15 is 0 Å². The Balaban J connectivity index is 2.41. The van der Waals surface area contributed by atoms with E-state index in [-0.39, 0.29) is 17.5 Å². The smallest absolute Gasteiger partial charge is 0.324 e. The first-order chi connectivity index (χ1) is 9.45. The summed E-state index contributed by atoms with van der Waals surface area (Å²) in [6, 6.07) is 3.17. The molecule has 1 atom stereocenters. The number of Topliss-reactive ketones (excluding diaryl/α,β-unsaturated/α-hetero) is 1. The second-order valence-corrected chi connectivity index (χ2v) is 5.36. The third kappa shape index (κ3) is 2.53.